The fraction of sp³-hybridized carbons (Fsp3) is 0.205. The van der Waals surface area contributed by atoms with E-state index < -0.39 is 0 Å². The fourth-order valence-electron chi connectivity index (χ4n) is 7.42. The molecular formula is C44H42N8. The standard InChI is InChI=1S/C44H42N8/c1-7-50-24-12-10-11-13-38(50)40-31-15-14-30(27-29(31)6)39(28(4)5)32-16-18-34(47-32)41(43-45-22-25-51(43)8-2)36-20-21-37(49-36)42(35-19-17-33(40)48-35)44-46-23-26-52(44)9-3/h11-12,14-26,47-48H,4,7-10H2,1-3,5-6H3/b39-32-,40-31+,41-34+,42-37+. The summed E-state index contributed by atoms with van der Waals surface area (Å²) in [4.78, 5) is 25.0. The smallest absolute Gasteiger partial charge is 0.144 e. The maximum Gasteiger partial charge on any atom is 0.144 e. The zero-order chi connectivity index (χ0) is 35.9. The van der Waals surface area contributed by atoms with Gasteiger partial charge in [-0.2, -0.15) is 0 Å². The molecule has 8 heteroatoms. The predicted molar refractivity (Wildman–Crippen MR) is 210 cm³/mol. The van der Waals surface area contributed by atoms with E-state index in [9.17, 15) is 0 Å². The second-order valence-corrected chi connectivity index (χ2v) is 13.2. The molecule has 0 atom stereocenters. The highest BCUT2D eigenvalue weighted by Gasteiger charge is 2.26. The minimum Gasteiger partial charge on any atom is -0.354 e. The molecule has 8 bridgehead atoms. The van der Waals surface area contributed by atoms with Crippen molar-refractivity contribution in [3.05, 3.63) is 177 Å². The van der Waals surface area contributed by atoms with Crippen molar-refractivity contribution in [2.24, 2.45) is 4.99 Å². The zero-order valence-electron chi connectivity index (χ0n) is 30.4. The molecule has 9 rings (SSSR count). The summed E-state index contributed by atoms with van der Waals surface area (Å²) in [5.41, 5.74) is 19.9. The molecular weight excluding hydrogens is 641 g/mol. The van der Waals surface area contributed by atoms with Gasteiger partial charge in [0.25, 0.3) is 0 Å². The topological polar surface area (TPSA) is 82.8 Å². The van der Waals surface area contributed by atoms with Crippen molar-refractivity contribution in [3.63, 3.8) is 0 Å². The Labute approximate surface area is 304 Å². The number of rotatable bonds is 7. The van der Waals surface area contributed by atoms with Crippen LogP contribution in [0.3, 0.4) is 0 Å². The van der Waals surface area contributed by atoms with Gasteiger partial charge in [0.1, 0.15) is 11.6 Å². The van der Waals surface area contributed by atoms with Crippen LogP contribution in [0.1, 0.15) is 64.1 Å². The molecule has 0 radical (unpaired) electrons. The van der Waals surface area contributed by atoms with E-state index in [0.29, 0.717) is 0 Å². The molecule has 0 saturated carbocycles. The van der Waals surface area contributed by atoms with Gasteiger partial charge in [0.15, 0.2) is 0 Å². The van der Waals surface area contributed by atoms with Crippen LogP contribution in [0.25, 0.3) is 22.3 Å². The second kappa shape index (κ2) is 13.4. The van der Waals surface area contributed by atoms with Crippen molar-refractivity contribution in [1.29, 1.82) is 0 Å². The Hall–Kier alpha value is -6.33. The van der Waals surface area contributed by atoms with Crippen molar-refractivity contribution in [2.45, 2.75) is 54.1 Å². The Kier molecular flexibility index (Phi) is 8.48. The second-order valence-electron chi connectivity index (χ2n) is 13.2. The molecule has 258 valence electrons. The van der Waals surface area contributed by atoms with Crippen molar-refractivity contribution in [2.75, 3.05) is 6.54 Å². The molecule has 0 saturated heterocycles. The van der Waals surface area contributed by atoms with Crippen LogP contribution in [0.15, 0.2) is 148 Å². The lowest BCUT2D eigenvalue weighted by Gasteiger charge is -2.24. The summed E-state index contributed by atoms with van der Waals surface area (Å²) < 4.78 is 4.32. The highest BCUT2D eigenvalue weighted by atomic mass is 15.1. The van der Waals surface area contributed by atoms with Gasteiger partial charge in [0, 0.05) is 78.4 Å². The molecule has 1 aliphatic carbocycles. The first-order valence-electron chi connectivity index (χ1n) is 18.0. The number of allylic oxidation sites excluding steroid dienone is 9. The summed E-state index contributed by atoms with van der Waals surface area (Å²) in [5.74, 6) is 1.69. The lowest BCUT2D eigenvalue weighted by Crippen LogP contribution is -2.21. The summed E-state index contributed by atoms with van der Waals surface area (Å²) in [7, 11) is 0. The van der Waals surface area contributed by atoms with Gasteiger partial charge in [0.05, 0.1) is 39.3 Å². The Morgan fingerprint density at radius 3 is 2.23 bits per heavy atom. The highest BCUT2D eigenvalue weighted by molar-refractivity contribution is 6.29. The molecule has 0 fully saturated rings. The number of nitrogens with zero attached hydrogens (tertiary/aromatic N) is 6. The van der Waals surface area contributed by atoms with Crippen LogP contribution < -0.4 is 10.7 Å². The number of nitrogens with one attached hydrogen (secondary N) is 2. The number of hydrogen-bond donors (Lipinski definition) is 2. The molecule has 8 nitrogen and oxygen atoms in total. The van der Waals surface area contributed by atoms with Crippen LogP contribution in [0, 0.1) is 0 Å². The molecule has 8 heterocycles. The summed E-state index contributed by atoms with van der Waals surface area (Å²) in [6.45, 7) is 17.4. The van der Waals surface area contributed by atoms with Gasteiger partial charge in [-0.1, -0.05) is 24.5 Å². The summed E-state index contributed by atoms with van der Waals surface area (Å²) >= 11 is 0. The van der Waals surface area contributed by atoms with Crippen LogP contribution in [-0.2, 0) is 13.1 Å². The van der Waals surface area contributed by atoms with E-state index in [1.807, 2.05) is 24.8 Å². The first-order chi connectivity index (χ1) is 25.4. The maximum absolute atomic E-state index is 5.37. The van der Waals surface area contributed by atoms with Gasteiger partial charge >= 0.3 is 0 Å². The predicted octanol–water partition coefficient (Wildman–Crippen LogP) is 7.26. The van der Waals surface area contributed by atoms with Gasteiger partial charge < -0.3 is 24.0 Å². The van der Waals surface area contributed by atoms with E-state index in [1.54, 1.807) is 0 Å². The molecule has 0 unspecified atom stereocenters. The number of aliphatic imine (C=N–C) groups is 1. The van der Waals surface area contributed by atoms with Crippen LogP contribution in [0.5, 0.6) is 0 Å². The number of aromatic amines is 2. The SMILES string of the molecule is C=C(C)/C1=c2\cc/c([nH]2)=C(\c2nccn2CC)C2=N/C(=C(/c3nccn3CC)c3ccc([nH]3)/C(C3=C=CCC=CN3CC)=C3/C=CC1=C=C3C)C=C2. The van der Waals surface area contributed by atoms with Crippen molar-refractivity contribution in [3.8, 4) is 0 Å². The average molecular weight is 683 g/mol. The third-order valence-corrected chi connectivity index (χ3v) is 9.91. The normalized spacial score (nSPS) is 21.7. The molecule has 0 spiro atoms. The third-order valence-electron chi connectivity index (χ3n) is 9.91. The molecule has 4 aromatic heterocycles. The van der Waals surface area contributed by atoms with E-state index in [-0.39, 0.29) is 0 Å². The minimum absolute atomic E-state index is 0.770. The summed E-state index contributed by atoms with van der Waals surface area (Å²) in [5, 5.41) is 1.88. The van der Waals surface area contributed by atoms with Crippen LogP contribution in [0.4, 0.5) is 0 Å². The molecule has 0 aromatic carbocycles. The van der Waals surface area contributed by atoms with Gasteiger partial charge in [-0.15, -0.1) is 5.73 Å². The van der Waals surface area contributed by atoms with Crippen LogP contribution in [0.2, 0.25) is 0 Å². The first kappa shape index (κ1) is 32.9. The number of aryl methyl sites for hydroxylation is 2. The minimum atomic E-state index is 0.770. The van der Waals surface area contributed by atoms with Crippen LogP contribution in [-0.4, -0.2) is 46.2 Å². The van der Waals surface area contributed by atoms with E-state index in [2.05, 4.69) is 144 Å². The zero-order valence-corrected chi connectivity index (χ0v) is 30.4. The Bertz CT molecular complexity index is 2610. The lowest BCUT2D eigenvalue weighted by atomic mass is 9.89. The van der Waals surface area contributed by atoms with E-state index >= 15 is 0 Å². The van der Waals surface area contributed by atoms with E-state index in [4.69, 9.17) is 15.0 Å². The molecule has 4 aliphatic heterocycles. The molecule has 0 amide bonds. The first-order valence-corrected chi connectivity index (χ1v) is 18.0. The number of likely N-dealkylation sites (N-methyl/N-ethyl adjacent to an activating group) is 1. The summed E-state index contributed by atoms with van der Waals surface area (Å²) in [6, 6.07) is 8.57. The van der Waals surface area contributed by atoms with Gasteiger partial charge in [0.2, 0.25) is 0 Å². The largest absolute Gasteiger partial charge is 0.354 e. The number of aromatic nitrogens is 6. The number of H-pyrrole nitrogens is 2. The van der Waals surface area contributed by atoms with E-state index in [1.165, 1.54) is 0 Å². The Morgan fingerprint density at radius 1 is 0.827 bits per heavy atom. The fourth-order valence-corrected chi connectivity index (χ4v) is 7.42. The van der Waals surface area contributed by atoms with Crippen molar-refractivity contribution in [1.82, 2.24) is 34.0 Å². The van der Waals surface area contributed by atoms with Crippen LogP contribution >= 0.6 is 0 Å². The van der Waals surface area contributed by atoms with Crippen molar-refractivity contribution < 1.29 is 0 Å². The highest BCUT2D eigenvalue weighted by Crippen LogP contribution is 2.38. The lowest BCUT2D eigenvalue weighted by molar-refractivity contribution is 0.511. The van der Waals surface area contributed by atoms with Crippen molar-refractivity contribution >= 4 is 28.0 Å². The average Bonchev–Trinajstić information content (AvgIpc) is 3.99. The van der Waals surface area contributed by atoms with Gasteiger partial charge in [-0.05, 0) is 106 Å². The monoisotopic (exact) mass is 682 g/mol. The Balaban J connectivity index is 1.53. The molecule has 4 aromatic rings. The van der Waals surface area contributed by atoms with E-state index in [0.717, 1.165) is 121 Å². The molecule has 52 heavy (non-hydrogen) atoms. The number of hydrogen-bond acceptors (Lipinski definition) is 4. The summed E-state index contributed by atoms with van der Waals surface area (Å²) in [6.07, 6.45) is 23.6. The third kappa shape index (κ3) is 5.55. The molecule has 5 aliphatic rings. The number of imidazole rings is 2. The van der Waals surface area contributed by atoms with Gasteiger partial charge in [-0.3, -0.25) is 0 Å². The maximum atomic E-state index is 5.37. The van der Waals surface area contributed by atoms with Gasteiger partial charge in [-0.25, -0.2) is 15.0 Å². The quantitative estimate of drug-likeness (QED) is 0.202. The Morgan fingerprint density at radius 2 is 1.54 bits per heavy atom. The molecule has 2 N–H and O–H groups in total.